The van der Waals surface area contributed by atoms with Crippen molar-refractivity contribution in [1.82, 2.24) is 0 Å². The molecule has 5 rings (SSSR count). The van der Waals surface area contributed by atoms with E-state index in [-0.39, 0.29) is 23.7 Å². The Hall–Kier alpha value is -2.92. The molecule has 1 amide bonds. The first kappa shape index (κ1) is 19.1. The van der Waals surface area contributed by atoms with Gasteiger partial charge < -0.3 is 4.90 Å². The van der Waals surface area contributed by atoms with E-state index < -0.39 is 9.84 Å². The summed E-state index contributed by atoms with van der Waals surface area (Å²) in [6.07, 6.45) is 1.89. The van der Waals surface area contributed by atoms with Gasteiger partial charge in [-0.2, -0.15) is 0 Å². The van der Waals surface area contributed by atoms with Crippen LogP contribution in [-0.4, -0.2) is 27.1 Å². The van der Waals surface area contributed by atoms with Crippen molar-refractivity contribution in [1.29, 1.82) is 0 Å². The average Bonchev–Trinajstić information content (AvgIpc) is 3.08. The number of carbonyl (C=O) groups is 1. The lowest BCUT2D eigenvalue weighted by Gasteiger charge is -2.34. The Bertz CT molecular complexity index is 1210. The fourth-order valence-corrected chi connectivity index (χ4v) is 5.72. The average molecular weight is 418 g/mol. The van der Waals surface area contributed by atoms with Crippen molar-refractivity contribution in [2.24, 2.45) is 11.8 Å². The molecule has 3 aromatic rings. The highest BCUT2D eigenvalue weighted by atomic mass is 32.2. The van der Waals surface area contributed by atoms with Gasteiger partial charge in [0.1, 0.15) is 0 Å². The largest absolute Gasteiger partial charge is 0.312 e. The summed E-state index contributed by atoms with van der Waals surface area (Å²) in [6, 6.07) is 25.4. The van der Waals surface area contributed by atoms with E-state index in [4.69, 9.17) is 0 Å². The number of carbonyl (C=O) groups excluding carboxylic acids is 1. The molecule has 152 valence electrons. The molecular formula is C25H23NO3S. The molecule has 30 heavy (non-hydrogen) atoms. The summed E-state index contributed by atoms with van der Waals surface area (Å²) < 4.78 is 24.4. The molecule has 0 saturated carbocycles. The molecular weight excluding hydrogens is 394 g/mol. The molecule has 3 atom stereocenters. The summed E-state index contributed by atoms with van der Waals surface area (Å²) >= 11 is 0. The minimum atomic E-state index is -3.31. The number of para-hydroxylation sites is 1. The number of amides is 1. The van der Waals surface area contributed by atoms with Crippen LogP contribution in [-0.2, 0) is 21.1 Å². The molecule has 3 unspecified atom stereocenters. The second kappa shape index (κ2) is 7.10. The number of anilines is 1. The number of sulfone groups is 1. The zero-order valence-electron chi connectivity index (χ0n) is 16.7. The molecule has 2 aliphatic rings. The van der Waals surface area contributed by atoms with Crippen molar-refractivity contribution in [3.63, 3.8) is 0 Å². The van der Waals surface area contributed by atoms with Gasteiger partial charge in [0.05, 0.1) is 4.90 Å². The fraction of sp³-hybridized carbons (Fsp3) is 0.240. The number of rotatable bonds is 3. The SMILES string of the molecule is CS(=O)(=O)c1ccc2c(c1)C(c1ccccc1)C1CN(c3ccccc3)C(=O)C1C2. The lowest BCUT2D eigenvalue weighted by Crippen LogP contribution is -2.31. The molecule has 0 bridgehead atoms. The van der Waals surface area contributed by atoms with Gasteiger partial charge in [-0.15, -0.1) is 0 Å². The molecule has 0 aromatic heterocycles. The molecule has 1 fully saturated rings. The topological polar surface area (TPSA) is 54.5 Å². The lowest BCUT2D eigenvalue weighted by molar-refractivity contribution is -0.121. The van der Waals surface area contributed by atoms with Crippen molar-refractivity contribution in [2.75, 3.05) is 17.7 Å². The molecule has 5 heteroatoms. The summed E-state index contributed by atoms with van der Waals surface area (Å²) in [5, 5.41) is 0. The predicted octanol–water partition coefficient (Wildman–Crippen LogP) is 4.06. The monoisotopic (exact) mass is 417 g/mol. The van der Waals surface area contributed by atoms with E-state index in [1.807, 2.05) is 65.6 Å². The molecule has 1 heterocycles. The van der Waals surface area contributed by atoms with E-state index >= 15 is 0 Å². The number of hydrogen-bond acceptors (Lipinski definition) is 3. The van der Waals surface area contributed by atoms with Gasteiger partial charge in [0, 0.05) is 30.3 Å². The molecule has 1 aliphatic heterocycles. The van der Waals surface area contributed by atoms with Gasteiger partial charge in [-0.3, -0.25) is 4.79 Å². The predicted molar refractivity (Wildman–Crippen MR) is 117 cm³/mol. The Kier molecular flexibility index (Phi) is 4.51. The first-order valence-electron chi connectivity index (χ1n) is 10.2. The molecule has 3 aromatic carbocycles. The summed E-state index contributed by atoms with van der Waals surface area (Å²) in [4.78, 5) is 15.6. The van der Waals surface area contributed by atoms with Gasteiger partial charge in [0.2, 0.25) is 5.91 Å². The molecule has 1 saturated heterocycles. The van der Waals surface area contributed by atoms with Crippen molar-refractivity contribution in [3.8, 4) is 0 Å². The molecule has 0 N–H and O–H groups in total. The van der Waals surface area contributed by atoms with Gasteiger partial charge in [-0.05, 0) is 53.3 Å². The van der Waals surface area contributed by atoms with E-state index in [1.165, 1.54) is 6.26 Å². The standard InChI is InChI=1S/C25H23NO3S/c1-30(28,29)20-13-12-18-14-22-23(16-26(25(22)27)19-10-6-3-7-11-19)24(21(18)15-20)17-8-4-2-5-9-17/h2-13,15,22-24H,14,16H2,1H3. The van der Waals surface area contributed by atoms with Gasteiger partial charge in [0.25, 0.3) is 0 Å². The van der Waals surface area contributed by atoms with Crippen molar-refractivity contribution in [2.45, 2.75) is 17.2 Å². The highest BCUT2D eigenvalue weighted by Gasteiger charge is 2.48. The van der Waals surface area contributed by atoms with Crippen LogP contribution in [0.1, 0.15) is 22.6 Å². The Morgan fingerprint density at radius 2 is 1.57 bits per heavy atom. The molecule has 1 aliphatic carbocycles. The van der Waals surface area contributed by atoms with Gasteiger partial charge in [0.15, 0.2) is 9.84 Å². The van der Waals surface area contributed by atoms with Crippen LogP contribution in [0.25, 0.3) is 0 Å². The lowest BCUT2D eigenvalue weighted by atomic mass is 9.68. The minimum Gasteiger partial charge on any atom is -0.312 e. The Labute approximate surface area is 177 Å². The van der Waals surface area contributed by atoms with E-state index in [9.17, 15) is 13.2 Å². The third-order valence-electron chi connectivity index (χ3n) is 6.47. The number of hydrogen-bond donors (Lipinski definition) is 0. The third kappa shape index (κ3) is 3.14. The number of benzene rings is 3. The summed E-state index contributed by atoms with van der Waals surface area (Å²) in [6.45, 7) is 0.635. The van der Waals surface area contributed by atoms with Crippen molar-refractivity contribution >= 4 is 21.4 Å². The van der Waals surface area contributed by atoms with Crippen LogP contribution < -0.4 is 4.90 Å². The van der Waals surface area contributed by atoms with Crippen LogP contribution in [0, 0.1) is 11.8 Å². The number of nitrogens with zero attached hydrogens (tertiary/aromatic N) is 1. The summed E-state index contributed by atoms with van der Waals surface area (Å²) in [5.41, 5.74) is 4.15. The zero-order chi connectivity index (χ0) is 20.9. The Morgan fingerprint density at radius 3 is 2.23 bits per heavy atom. The van der Waals surface area contributed by atoms with E-state index in [2.05, 4.69) is 12.1 Å². The van der Waals surface area contributed by atoms with E-state index in [1.54, 1.807) is 6.07 Å². The normalized spacial score (nSPS) is 23.2. The van der Waals surface area contributed by atoms with Crippen LogP contribution in [0.3, 0.4) is 0 Å². The van der Waals surface area contributed by atoms with Gasteiger partial charge >= 0.3 is 0 Å². The maximum absolute atomic E-state index is 13.4. The van der Waals surface area contributed by atoms with Gasteiger partial charge in [-0.1, -0.05) is 54.6 Å². The first-order valence-corrected chi connectivity index (χ1v) is 12.1. The zero-order valence-corrected chi connectivity index (χ0v) is 17.5. The Morgan fingerprint density at radius 1 is 0.900 bits per heavy atom. The first-order chi connectivity index (χ1) is 14.4. The highest BCUT2D eigenvalue weighted by Crippen LogP contribution is 2.48. The Balaban J connectivity index is 1.65. The van der Waals surface area contributed by atoms with Crippen molar-refractivity contribution in [3.05, 3.63) is 95.6 Å². The molecule has 0 radical (unpaired) electrons. The second-order valence-electron chi connectivity index (χ2n) is 8.28. The van der Waals surface area contributed by atoms with E-state index in [0.29, 0.717) is 17.9 Å². The smallest absolute Gasteiger partial charge is 0.230 e. The van der Waals surface area contributed by atoms with Crippen molar-refractivity contribution < 1.29 is 13.2 Å². The fourth-order valence-electron chi connectivity index (χ4n) is 5.06. The van der Waals surface area contributed by atoms with Crippen LogP contribution in [0.15, 0.2) is 83.8 Å². The van der Waals surface area contributed by atoms with Gasteiger partial charge in [-0.25, -0.2) is 8.42 Å². The maximum atomic E-state index is 13.4. The maximum Gasteiger partial charge on any atom is 0.230 e. The van der Waals surface area contributed by atoms with Crippen LogP contribution >= 0.6 is 0 Å². The molecule has 0 spiro atoms. The minimum absolute atomic E-state index is 0.0145. The highest BCUT2D eigenvalue weighted by molar-refractivity contribution is 7.90. The van der Waals surface area contributed by atoms with Crippen LogP contribution in [0.5, 0.6) is 0 Å². The molecule has 4 nitrogen and oxygen atoms in total. The quantitative estimate of drug-likeness (QED) is 0.646. The van der Waals surface area contributed by atoms with E-state index in [0.717, 1.165) is 22.4 Å². The summed E-state index contributed by atoms with van der Waals surface area (Å²) in [5.74, 6) is 0.138. The van der Waals surface area contributed by atoms with Crippen LogP contribution in [0.4, 0.5) is 5.69 Å². The van der Waals surface area contributed by atoms with Crippen LogP contribution in [0.2, 0.25) is 0 Å². The third-order valence-corrected chi connectivity index (χ3v) is 7.58. The second-order valence-corrected chi connectivity index (χ2v) is 10.3. The number of fused-ring (bicyclic) bond motifs is 2. The summed E-state index contributed by atoms with van der Waals surface area (Å²) in [7, 11) is -3.31.